The molecule has 3 amide bonds. The summed E-state index contributed by atoms with van der Waals surface area (Å²) in [6.07, 6.45) is 5.57. The van der Waals surface area contributed by atoms with E-state index in [9.17, 15) is 14.4 Å². The average molecular weight is 488 g/mol. The van der Waals surface area contributed by atoms with Gasteiger partial charge in [-0.2, -0.15) is 0 Å². The Labute approximate surface area is 203 Å². The molecule has 1 saturated carbocycles. The van der Waals surface area contributed by atoms with Gasteiger partial charge in [-0.1, -0.05) is 66.4 Å². The van der Waals surface area contributed by atoms with Crippen LogP contribution < -0.4 is 10.6 Å². The molecule has 0 spiro atoms. The Balaban J connectivity index is 1.54. The molecule has 0 unspecified atom stereocenters. The van der Waals surface area contributed by atoms with Gasteiger partial charge in [0, 0.05) is 18.2 Å². The van der Waals surface area contributed by atoms with Crippen molar-refractivity contribution in [1.82, 2.24) is 15.5 Å². The second-order valence-electron chi connectivity index (χ2n) is 8.63. The summed E-state index contributed by atoms with van der Waals surface area (Å²) in [5.74, 6) is -0.837. The molecule has 1 aliphatic carbocycles. The van der Waals surface area contributed by atoms with Crippen molar-refractivity contribution >= 4 is 40.9 Å². The smallest absolute Gasteiger partial charge is 0.252 e. The average Bonchev–Trinajstić information content (AvgIpc) is 3.51. The Bertz CT molecular complexity index is 1020. The molecule has 33 heavy (non-hydrogen) atoms. The standard InChI is InChI=1S/C25H27Cl2N3O3/c26-19-13-12-17(15-20(19)27)23(31)29-22(16-7-2-1-3-8-16)25(33)30-14-6-11-21(30)24(32)28-18-9-4-5-10-18/h1-3,7-8,12-13,15,18,21-22H,4-6,9-11,14H2,(H,28,32)(H,29,31)/t21-,22-/m0/s1. The summed E-state index contributed by atoms with van der Waals surface area (Å²) in [6.45, 7) is 0.480. The maximum absolute atomic E-state index is 13.7. The lowest BCUT2D eigenvalue weighted by Crippen LogP contribution is -2.51. The van der Waals surface area contributed by atoms with Gasteiger partial charge in [0.15, 0.2) is 0 Å². The normalized spacial score (nSPS) is 19.3. The first kappa shape index (κ1) is 23.6. The van der Waals surface area contributed by atoms with Crippen molar-refractivity contribution in [3.05, 3.63) is 69.7 Å². The number of likely N-dealkylation sites (tertiary alicyclic amines) is 1. The van der Waals surface area contributed by atoms with Crippen molar-refractivity contribution in [3.8, 4) is 0 Å². The van der Waals surface area contributed by atoms with Gasteiger partial charge in [-0.05, 0) is 49.4 Å². The lowest BCUT2D eigenvalue weighted by atomic mass is 10.0. The van der Waals surface area contributed by atoms with Gasteiger partial charge < -0.3 is 15.5 Å². The van der Waals surface area contributed by atoms with E-state index in [-0.39, 0.29) is 22.9 Å². The third-order valence-corrected chi connectivity index (χ3v) is 7.12. The third kappa shape index (κ3) is 5.50. The minimum Gasteiger partial charge on any atom is -0.352 e. The number of rotatable bonds is 6. The number of halogens is 2. The number of hydrogen-bond donors (Lipinski definition) is 2. The Morgan fingerprint density at radius 3 is 2.33 bits per heavy atom. The summed E-state index contributed by atoms with van der Waals surface area (Å²) in [5.41, 5.74) is 0.952. The molecule has 2 aromatic rings. The van der Waals surface area contributed by atoms with Crippen LogP contribution in [-0.4, -0.2) is 41.2 Å². The summed E-state index contributed by atoms with van der Waals surface area (Å²) in [4.78, 5) is 41.2. The van der Waals surface area contributed by atoms with Crippen molar-refractivity contribution < 1.29 is 14.4 Å². The van der Waals surface area contributed by atoms with Crippen LogP contribution in [0.15, 0.2) is 48.5 Å². The zero-order valence-electron chi connectivity index (χ0n) is 18.2. The van der Waals surface area contributed by atoms with Gasteiger partial charge in [0.05, 0.1) is 10.0 Å². The maximum atomic E-state index is 13.7. The van der Waals surface area contributed by atoms with Gasteiger partial charge in [0.1, 0.15) is 12.1 Å². The largest absolute Gasteiger partial charge is 0.352 e. The number of amides is 3. The highest BCUT2D eigenvalue weighted by Crippen LogP contribution is 2.27. The molecule has 2 N–H and O–H groups in total. The molecule has 0 aromatic heterocycles. The molecule has 6 nitrogen and oxygen atoms in total. The van der Waals surface area contributed by atoms with E-state index in [1.165, 1.54) is 6.07 Å². The number of nitrogens with zero attached hydrogens (tertiary/aromatic N) is 1. The highest BCUT2D eigenvalue weighted by Gasteiger charge is 2.39. The first-order valence-corrected chi connectivity index (χ1v) is 12.1. The summed E-state index contributed by atoms with van der Waals surface area (Å²) < 4.78 is 0. The molecule has 174 valence electrons. The number of nitrogens with one attached hydrogen (secondary N) is 2. The van der Waals surface area contributed by atoms with Gasteiger partial charge in [-0.3, -0.25) is 14.4 Å². The van der Waals surface area contributed by atoms with Crippen LogP contribution in [0.2, 0.25) is 10.0 Å². The molecule has 1 saturated heterocycles. The molecule has 2 atom stereocenters. The fourth-order valence-corrected chi connectivity index (χ4v) is 4.92. The second kappa shape index (κ2) is 10.6. The Kier molecular flexibility index (Phi) is 7.56. The highest BCUT2D eigenvalue weighted by atomic mass is 35.5. The Morgan fingerprint density at radius 1 is 0.909 bits per heavy atom. The van der Waals surface area contributed by atoms with Crippen molar-refractivity contribution in [1.29, 1.82) is 0 Å². The fraction of sp³-hybridized carbons (Fsp3) is 0.400. The van der Waals surface area contributed by atoms with Gasteiger partial charge in [-0.15, -0.1) is 0 Å². The van der Waals surface area contributed by atoms with Crippen LogP contribution in [0.3, 0.4) is 0 Å². The summed E-state index contributed by atoms with van der Waals surface area (Å²) in [5, 5.41) is 6.56. The first-order chi connectivity index (χ1) is 15.9. The zero-order valence-corrected chi connectivity index (χ0v) is 19.7. The first-order valence-electron chi connectivity index (χ1n) is 11.4. The molecular formula is C25H27Cl2N3O3. The van der Waals surface area contributed by atoms with Crippen LogP contribution in [0.4, 0.5) is 0 Å². The lowest BCUT2D eigenvalue weighted by molar-refractivity contribution is -0.140. The molecule has 0 radical (unpaired) electrons. The third-order valence-electron chi connectivity index (χ3n) is 6.38. The van der Waals surface area contributed by atoms with Crippen LogP contribution in [0, 0.1) is 0 Å². The van der Waals surface area contributed by atoms with Gasteiger partial charge in [0.25, 0.3) is 5.91 Å². The molecule has 0 bridgehead atoms. The Morgan fingerprint density at radius 2 is 1.64 bits per heavy atom. The van der Waals surface area contributed by atoms with E-state index in [1.54, 1.807) is 29.2 Å². The second-order valence-corrected chi connectivity index (χ2v) is 9.44. The fourth-order valence-electron chi connectivity index (χ4n) is 4.62. The summed E-state index contributed by atoms with van der Waals surface area (Å²) in [7, 11) is 0. The van der Waals surface area contributed by atoms with E-state index in [0.717, 1.165) is 32.1 Å². The lowest BCUT2D eigenvalue weighted by Gasteiger charge is -2.29. The number of hydrogen-bond acceptors (Lipinski definition) is 3. The van der Waals surface area contributed by atoms with Crippen LogP contribution in [-0.2, 0) is 9.59 Å². The molecule has 1 aliphatic heterocycles. The number of benzene rings is 2. The molecular weight excluding hydrogens is 461 g/mol. The van der Waals surface area contributed by atoms with Gasteiger partial charge in [0.2, 0.25) is 11.8 Å². The minimum absolute atomic E-state index is 0.102. The van der Waals surface area contributed by atoms with E-state index >= 15 is 0 Å². The van der Waals surface area contributed by atoms with E-state index < -0.39 is 18.0 Å². The van der Waals surface area contributed by atoms with Gasteiger partial charge >= 0.3 is 0 Å². The molecule has 2 aromatic carbocycles. The summed E-state index contributed by atoms with van der Waals surface area (Å²) in [6, 6.07) is 12.4. The van der Waals surface area contributed by atoms with Crippen LogP contribution in [0.1, 0.15) is 60.5 Å². The topological polar surface area (TPSA) is 78.5 Å². The Hall–Kier alpha value is -2.57. The van der Waals surface area contributed by atoms with Crippen molar-refractivity contribution in [3.63, 3.8) is 0 Å². The molecule has 8 heteroatoms. The molecule has 1 heterocycles. The van der Waals surface area contributed by atoms with E-state index in [0.29, 0.717) is 29.1 Å². The predicted octanol–water partition coefficient (Wildman–Crippen LogP) is 4.51. The van der Waals surface area contributed by atoms with Crippen LogP contribution >= 0.6 is 23.2 Å². The van der Waals surface area contributed by atoms with Crippen molar-refractivity contribution in [2.75, 3.05) is 6.54 Å². The zero-order chi connectivity index (χ0) is 23.4. The molecule has 4 rings (SSSR count). The van der Waals surface area contributed by atoms with E-state index in [4.69, 9.17) is 23.2 Å². The summed E-state index contributed by atoms with van der Waals surface area (Å²) >= 11 is 12.0. The highest BCUT2D eigenvalue weighted by molar-refractivity contribution is 6.42. The van der Waals surface area contributed by atoms with Crippen molar-refractivity contribution in [2.45, 2.75) is 56.7 Å². The minimum atomic E-state index is -0.923. The van der Waals surface area contributed by atoms with Crippen molar-refractivity contribution in [2.24, 2.45) is 0 Å². The molecule has 2 aliphatic rings. The number of carbonyl (C=O) groups is 3. The predicted molar refractivity (Wildman–Crippen MR) is 128 cm³/mol. The van der Waals surface area contributed by atoms with E-state index in [1.807, 2.05) is 18.2 Å². The SMILES string of the molecule is O=C(N[C@H](C(=O)N1CCC[C@H]1C(=O)NC1CCCC1)c1ccccc1)c1ccc(Cl)c(Cl)c1. The van der Waals surface area contributed by atoms with Crippen LogP contribution in [0.25, 0.3) is 0 Å². The van der Waals surface area contributed by atoms with Crippen LogP contribution in [0.5, 0.6) is 0 Å². The van der Waals surface area contributed by atoms with Gasteiger partial charge in [-0.25, -0.2) is 0 Å². The molecule has 2 fully saturated rings. The quantitative estimate of drug-likeness (QED) is 0.628. The monoisotopic (exact) mass is 487 g/mol. The van der Waals surface area contributed by atoms with E-state index in [2.05, 4.69) is 10.6 Å². The number of carbonyl (C=O) groups excluding carboxylic acids is 3. The maximum Gasteiger partial charge on any atom is 0.252 e.